The molecule has 0 radical (unpaired) electrons. The lowest BCUT2D eigenvalue weighted by atomic mass is 10.1. The predicted molar refractivity (Wildman–Crippen MR) is 64.9 cm³/mol. The number of H-pyrrole nitrogens is 1. The fourth-order valence-corrected chi connectivity index (χ4v) is 1.97. The van der Waals surface area contributed by atoms with Gasteiger partial charge >= 0.3 is 0 Å². The van der Waals surface area contributed by atoms with Crippen LogP contribution in [0.5, 0.6) is 0 Å². The van der Waals surface area contributed by atoms with Crippen molar-refractivity contribution >= 4 is 33.5 Å². The molecule has 2 rings (SSSR count). The van der Waals surface area contributed by atoms with Crippen LogP contribution in [0.3, 0.4) is 0 Å². The molecule has 13 heavy (non-hydrogen) atoms. The molecular formula is C11H10IN. The van der Waals surface area contributed by atoms with E-state index in [9.17, 15) is 0 Å². The van der Waals surface area contributed by atoms with Crippen molar-refractivity contribution in [2.75, 3.05) is 0 Å². The van der Waals surface area contributed by atoms with Gasteiger partial charge in [-0.1, -0.05) is 12.1 Å². The highest BCUT2D eigenvalue weighted by Gasteiger charge is 2.01. The van der Waals surface area contributed by atoms with Gasteiger partial charge in [0.25, 0.3) is 0 Å². The molecule has 0 spiro atoms. The van der Waals surface area contributed by atoms with Crippen LogP contribution < -0.4 is 0 Å². The maximum absolute atomic E-state index is 3.74. The second-order valence-electron chi connectivity index (χ2n) is 3.00. The Morgan fingerprint density at radius 3 is 3.08 bits per heavy atom. The number of nitrogens with one attached hydrogen (secondary N) is 1. The fraction of sp³-hybridized carbons (Fsp3) is 0.0909. The van der Waals surface area contributed by atoms with E-state index in [2.05, 4.69) is 58.5 Å². The number of fused-ring (bicyclic) bond motifs is 1. The highest BCUT2D eigenvalue weighted by molar-refractivity contribution is 14.1. The molecule has 0 aliphatic rings. The summed E-state index contributed by atoms with van der Waals surface area (Å²) in [5, 5.41) is 1.31. The lowest BCUT2D eigenvalue weighted by Crippen LogP contribution is -1.76. The molecule has 0 saturated heterocycles. The van der Waals surface area contributed by atoms with Crippen LogP contribution in [0.2, 0.25) is 0 Å². The Hall–Kier alpha value is -0.770. The van der Waals surface area contributed by atoms with E-state index in [1.54, 1.807) is 0 Å². The maximum atomic E-state index is 3.74. The average Bonchev–Trinajstić information content (AvgIpc) is 2.49. The van der Waals surface area contributed by atoms with Gasteiger partial charge in [0, 0.05) is 20.7 Å². The van der Waals surface area contributed by atoms with Gasteiger partial charge in [-0.05, 0) is 46.7 Å². The van der Waals surface area contributed by atoms with E-state index in [-0.39, 0.29) is 0 Å². The summed E-state index contributed by atoms with van der Waals surface area (Å²) in [4.78, 5) is 3.26. The standard InChI is InChI=1S/C11H10IN/c1-2-3-8-7-13-11-6-9(12)4-5-10(8)11/h2,4-7,13H,1,3H2. The summed E-state index contributed by atoms with van der Waals surface area (Å²) in [5.41, 5.74) is 2.53. The third-order valence-corrected chi connectivity index (χ3v) is 2.76. The first kappa shape index (κ1) is 8.81. The number of allylic oxidation sites excluding steroid dienone is 1. The van der Waals surface area contributed by atoms with Crippen LogP contribution in [0.1, 0.15) is 5.56 Å². The van der Waals surface area contributed by atoms with E-state index in [4.69, 9.17) is 0 Å². The van der Waals surface area contributed by atoms with Crippen LogP contribution >= 0.6 is 22.6 Å². The molecular weight excluding hydrogens is 273 g/mol. The Labute approximate surface area is 91.0 Å². The average molecular weight is 283 g/mol. The molecule has 1 nitrogen and oxygen atoms in total. The van der Waals surface area contributed by atoms with Gasteiger partial charge in [-0.2, -0.15) is 0 Å². The van der Waals surface area contributed by atoms with Crippen LogP contribution in [-0.2, 0) is 6.42 Å². The number of benzene rings is 1. The van der Waals surface area contributed by atoms with Gasteiger partial charge in [0.1, 0.15) is 0 Å². The molecule has 66 valence electrons. The fourth-order valence-electron chi connectivity index (χ4n) is 1.48. The second-order valence-corrected chi connectivity index (χ2v) is 4.24. The monoisotopic (exact) mass is 283 g/mol. The van der Waals surface area contributed by atoms with Crippen molar-refractivity contribution in [3.63, 3.8) is 0 Å². The van der Waals surface area contributed by atoms with Crippen molar-refractivity contribution in [2.24, 2.45) is 0 Å². The Kier molecular flexibility index (Phi) is 2.40. The van der Waals surface area contributed by atoms with Gasteiger partial charge in [-0.25, -0.2) is 0 Å². The van der Waals surface area contributed by atoms with E-state index in [0.717, 1.165) is 6.42 Å². The molecule has 2 aromatic rings. The molecule has 0 aliphatic heterocycles. The smallest absolute Gasteiger partial charge is 0.0467 e. The molecule has 0 fully saturated rings. The maximum Gasteiger partial charge on any atom is 0.0467 e. The zero-order chi connectivity index (χ0) is 9.26. The summed E-state index contributed by atoms with van der Waals surface area (Å²) < 4.78 is 1.26. The summed E-state index contributed by atoms with van der Waals surface area (Å²) in [6.07, 6.45) is 4.92. The van der Waals surface area contributed by atoms with E-state index < -0.39 is 0 Å². The van der Waals surface area contributed by atoms with Crippen LogP contribution in [0.15, 0.2) is 37.1 Å². The van der Waals surface area contributed by atoms with Crippen LogP contribution in [0.25, 0.3) is 10.9 Å². The van der Waals surface area contributed by atoms with E-state index in [0.29, 0.717) is 0 Å². The van der Waals surface area contributed by atoms with Crippen molar-refractivity contribution in [3.8, 4) is 0 Å². The van der Waals surface area contributed by atoms with Gasteiger partial charge in [-0.3, -0.25) is 0 Å². The lowest BCUT2D eigenvalue weighted by molar-refractivity contribution is 1.29. The first-order chi connectivity index (χ1) is 6.31. The quantitative estimate of drug-likeness (QED) is 0.641. The molecule has 1 aromatic carbocycles. The van der Waals surface area contributed by atoms with Crippen LogP contribution in [0, 0.1) is 3.57 Å². The number of hydrogen-bond acceptors (Lipinski definition) is 0. The van der Waals surface area contributed by atoms with Crippen LogP contribution in [0.4, 0.5) is 0 Å². The highest BCUT2D eigenvalue weighted by atomic mass is 127. The summed E-state index contributed by atoms with van der Waals surface area (Å²) in [6.45, 7) is 3.74. The van der Waals surface area contributed by atoms with E-state index >= 15 is 0 Å². The Bertz CT molecular complexity index is 442. The number of rotatable bonds is 2. The largest absolute Gasteiger partial charge is 0.361 e. The number of aromatic nitrogens is 1. The molecule has 2 heteroatoms. The molecule has 1 aromatic heterocycles. The minimum Gasteiger partial charge on any atom is -0.361 e. The zero-order valence-corrected chi connectivity index (χ0v) is 9.34. The van der Waals surface area contributed by atoms with Gasteiger partial charge in [0.2, 0.25) is 0 Å². The minimum absolute atomic E-state index is 0.931. The third-order valence-electron chi connectivity index (χ3n) is 2.09. The molecule has 1 N–H and O–H groups in total. The Morgan fingerprint density at radius 1 is 1.46 bits per heavy atom. The number of aromatic amines is 1. The topological polar surface area (TPSA) is 15.8 Å². The molecule has 0 saturated carbocycles. The van der Waals surface area contributed by atoms with Crippen molar-refractivity contribution in [1.29, 1.82) is 0 Å². The first-order valence-electron chi connectivity index (χ1n) is 4.17. The number of hydrogen-bond donors (Lipinski definition) is 1. The lowest BCUT2D eigenvalue weighted by Gasteiger charge is -1.94. The van der Waals surface area contributed by atoms with Crippen molar-refractivity contribution in [2.45, 2.75) is 6.42 Å². The van der Waals surface area contributed by atoms with Crippen molar-refractivity contribution < 1.29 is 0 Å². The molecule has 0 bridgehead atoms. The number of halogens is 1. The molecule has 0 aliphatic carbocycles. The van der Waals surface area contributed by atoms with Gasteiger partial charge in [0.15, 0.2) is 0 Å². The zero-order valence-electron chi connectivity index (χ0n) is 7.18. The summed E-state index contributed by atoms with van der Waals surface area (Å²) >= 11 is 2.32. The van der Waals surface area contributed by atoms with Gasteiger partial charge in [-0.15, -0.1) is 6.58 Å². The van der Waals surface area contributed by atoms with Crippen molar-refractivity contribution in [3.05, 3.63) is 46.2 Å². The third kappa shape index (κ3) is 1.63. The Morgan fingerprint density at radius 2 is 2.31 bits per heavy atom. The molecule has 0 atom stereocenters. The molecule has 0 unspecified atom stereocenters. The highest BCUT2D eigenvalue weighted by Crippen LogP contribution is 2.20. The van der Waals surface area contributed by atoms with Crippen molar-refractivity contribution in [1.82, 2.24) is 4.98 Å². The predicted octanol–water partition coefficient (Wildman–Crippen LogP) is 3.50. The minimum atomic E-state index is 0.931. The van der Waals surface area contributed by atoms with E-state index in [1.165, 1.54) is 20.0 Å². The van der Waals surface area contributed by atoms with Crippen LogP contribution in [-0.4, -0.2) is 4.98 Å². The Balaban J connectivity index is 2.61. The van der Waals surface area contributed by atoms with Gasteiger partial charge < -0.3 is 4.98 Å². The van der Waals surface area contributed by atoms with Gasteiger partial charge in [0.05, 0.1) is 0 Å². The summed E-state index contributed by atoms with van der Waals surface area (Å²) in [5.74, 6) is 0. The first-order valence-corrected chi connectivity index (χ1v) is 5.25. The second kappa shape index (κ2) is 3.54. The normalized spacial score (nSPS) is 10.5. The summed E-state index contributed by atoms with van der Waals surface area (Å²) in [6, 6.07) is 6.44. The molecule has 1 heterocycles. The SMILES string of the molecule is C=CCc1c[nH]c2cc(I)ccc12. The van der Waals surface area contributed by atoms with E-state index in [1.807, 2.05) is 6.08 Å². The molecule has 0 amide bonds. The summed E-state index contributed by atoms with van der Waals surface area (Å²) in [7, 11) is 0.